The molecule has 138 valence electrons. The summed E-state index contributed by atoms with van der Waals surface area (Å²) < 4.78 is 0. The molecule has 2 N–H and O–H groups in total. The number of carbonyl (C=O) groups is 1. The molecule has 1 amide bonds. The van der Waals surface area contributed by atoms with Crippen molar-refractivity contribution in [1.82, 2.24) is 10.2 Å². The molecule has 2 rings (SSSR count). The molecular weight excluding hydrogens is 344 g/mol. The third-order valence-electron chi connectivity index (χ3n) is 4.00. The SMILES string of the molecule is Cc1ccc(N(C)CCNC(=S)Nc2ccc(C(=O)N(C)C)cc2)cc1. The largest absolute Gasteiger partial charge is 0.373 e. The summed E-state index contributed by atoms with van der Waals surface area (Å²) in [6, 6.07) is 15.7. The number of hydrogen-bond donors (Lipinski definition) is 2. The van der Waals surface area contributed by atoms with E-state index in [1.54, 1.807) is 31.1 Å². The smallest absolute Gasteiger partial charge is 0.253 e. The molecular formula is C20H26N4OS. The third kappa shape index (κ3) is 5.74. The molecule has 0 aliphatic carbocycles. The number of nitrogens with zero attached hydrogens (tertiary/aromatic N) is 2. The number of nitrogens with one attached hydrogen (secondary N) is 2. The van der Waals surface area contributed by atoms with Gasteiger partial charge in [0.05, 0.1) is 0 Å². The van der Waals surface area contributed by atoms with Crippen LogP contribution in [0.15, 0.2) is 48.5 Å². The van der Waals surface area contributed by atoms with Crippen LogP contribution in [0.2, 0.25) is 0 Å². The fourth-order valence-corrected chi connectivity index (χ4v) is 2.62. The quantitative estimate of drug-likeness (QED) is 0.765. The van der Waals surface area contributed by atoms with Crippen LogP contribution in [0.1, 0.15) is 15.9 Å². The van der Waals surface area contributed by atoms with E-state index >= 15 is 0 Å². The third-order valence-corrected chi connectivity index (χ3v) is 4.25. The zero-order valence-corrected chi connectivity index (χ0v) is 16.6. The average Bonchev–Trinajstić information content (AvgIpc) is 2.62. The molecule has 26 heavy (non-hydrogen) atoms. The number of benzene rings is 2. The highest BCUT2D eigenvalue weighted by Crippen LogP contribution is 2.13. The van der Waals surface area contributed by atoms with Crippen LogP contribution in [0.25, 0.3) is 0 Å². The maximum atomic E-state index is 11.9. The van der Waals surface area contributed by atoms with Gasteiger partial charge in [0.15, 0.2) is 5.11 Å². The Hall–Kier alpha value is -2.60. The van der Waals surface area contributed by atoms with Crippen LogP contribution in [-0.2, 0) is 0 Å². The van der Waals surface area contributed by atoms with Crippen LogP contribution in [0.4, 0.5) is 11.4 Å². The molecule has 2 aromatic rings. The fraction of sp³-hybridized carbons (Fsp3) is 0.300. The Kier molecular flexibility index (Phi) is 6.97. The average molecular weight is 371 g/mol. The summed E-state index contributed by atoms with van der Waals surface area (Å²) in [5.41, 5.74) is 3.94. The molecule has 0 aliphatic heterocycles. The number of anilines is 2. The van der Waals surface area contributed by atoms with Crippen LogP contribution >= 0.6 is 12.2 Å². The first kappa shape index (κ1) is 19.7. The molecule has 0 spiro atoms. The lowest BCUT2D eigenvalue weighted by Crippen LogP contribution is -2.35. The summed E-state index contributed by atoms with van der Waals surface area (Å²) in [5, 5.41) is 6.90. The van der Waals surface area contributed by atoms with E-state index in [1.165, 1.54) is 11.3 Å². The van der Waals surface area contributed by atoms with Gasteiger partial charge in [-0.1, -0.05) is 17.7 Å². The number of likely N-dealkylation sites (N-methyl/N-ethyl adjacent to an activating group) is 1. The second-order valence-corrected chi connectivity index (χ2v) is 6.82. The minimum absolute atomic E-state index is 0.0172. The van der Waals surface area contributed by atoms with Crippen molar-refractivity contribution < 1.29 is 4.79 Å². The Bertz CT molecular complexity index is 741. The molecule has 5 nitrogen and oxygen atoms in total. The number of thiocarbonyl (C=S) groups is 1. The lowest BCUT2D eigenvalue weighted by atomic mass is 10.2. The van der Waals surface area contributed by atoms with Crippen LogP contribution in [0.5, 0.6) is 0 Å². The van der Waals surface area contributed by atoms with Crippen molar-refractivity contribution >= 4 is 34.6 Å². The molecule has 0 aliphatic rings. The lowest BCUT2D eigenvalue weighted by Gasteiger charge is -2.20. The van der Waals surface area contributed by atoms with E-state index in [4.69, 9.17) is 12.2 Å². The van der Waals surface area contributed by atoms with Gasteiger partial charge in [0, 0.05) is 51.2 Å². The number of aryl methyl sites for hydroxylation is 1. The van der Waals surface area contributed by atoms with Gasteiger partial charge in [-0.25, -0.2) is 0 Å². The van der Waals surface area contributed by atoms with Gasteiger partial charge in [-0.3, -0.25) is 4.79 Å². The highest BCUT2D eigenvalue weighted by atomic mass is 32.1. The van der Waals surface area contributed by atoms with Crippen LogP contribution in [0.3, 0.4) is 0 Å². The summed E-state index contributed by atoms with van der Waals surface area (Å²) in [7, 11) is 5.53. The first-order valence-electron chi connectivity index (χ1n) is 8.51. The molecule has 0 fully saturated rings. The van der Waals surface area contributed by atoms with Crippen molar-refractivity contribution in [3.05, 3.63) is 59.7 Å². The predicted octanol–water partition coefficient (Wildman–Crippen LogP) is 3.12. The van der Waals surface area contributed by atoms with Crippen molar-refractivity contribution in [1.29, 1.82) is 0 Å². The molecule has 0 saturated carbocycles. The number of carbonyl (C=O) groups excluding carboxylic acids is 1. The van der Waals surface area contributed by atoms with Gasteiger partial charge in [-0.05, 0) is 55.5 Å². The highest BCUT2D eigenvalue weighted by molar-refractivity contribution is 7.80. The van der Waals surface area contributed by atoms with Crippen molar-refractivity contribution in [3.8, 4) is 0 Å². The van der Waals surface area contributed by atoms with E-state index in [9.17, 15) is 4.79 Å². The summed E-state index contributed by atoms with van der Waals surface area (Å²) in [6.45, 7) is 3.65. The first-order valence-corrected chi connectivity index (χ1v) is 8.92. The summed E-state index contributed by atoms with van der Waals surface area (Å²) in [4.78, 5) is 15.6. The van der Waals surface area contributed by atoms with Gasteiger partial charge in [-0.15, -0.1) is 0 Å². The van der Waals surface area contributed by atoms with Gasteiger partial charge in [0.25, 0.3) is 5.91 Å². The summed E-state index contributed by atoms with van der Waals surface area (Å²) >= 11 is 5.33. The lowest BCUT2D eigenvalue weighted by molar-refractivity contribution is 0.0827. The first-order chi connectivity index (χ1) is 12.4. The van der Waals surface area contributed by atoms with Crippen molar-refractivity contribution in [2.45, 2.75) is 6.92 Å². The molecule has 0 aromatic heterocycles. The molecule has 2 aromatic carbocycles. The highest BCUT2D eigenvalue weighted by Gasteiger charge is 2.07. The Morgan fingerprint density at radius 3 is 2.19 bits per heavy atom. The van der Waals surface area contributed by atoms with Gasteiger partial charge < -0.3 is 20.4 Å². The van der Waals surface area contributed by atoms with E-state index in [0.29, 0.717) is 10.7 Å². The van der Waals surface area contributed by atoms with Crippen molar-refractivity contribution in [3.63, 3.8) is 0 Å². The Morgan fingerprint density at radius 1 is 1.00 bits per heavy atom. The molecule has 0 unspecified atom stereocenters. The normalized spacial score (nSPS) is 10.2. The van der Waals surface area contributed by atoms with E-state index < -0.39 is 0 Å². The van der Waals surface area contributed by atoms with Crippen molar-refractivity contribution in [2.24, 2.45) is 0 Å². The minimum Gasteiger partial charge on any atom is -0.373 e. The van der Waals surface area contributed by atoms with Gasteiger partial charge in [-0.2, -0.15) is 0 Å². The molecule has 6 heteroatoms. The topological polar surface area (TPSA) is 47.6 Å². The van der Waals surface area contributed by atoms with Crippen LogP contribution < -0.4 is 15.5 Å². The zero-order chi connectivity index (χ0) is 19.1. The van der Waals surface area contributed by atoms with E-state index in [1.807, 2.05) is 12.1 Å². The van der Waals surface area contributed by atoms with E-state index in [2.05, 4.69) is 53.8 Å². The molecule has 0 heterocycles. The maximum Gasteiger partial charge on any atom is 0.253 e. The molecule has 0 atom stereocenters. The van der Waals surface area contributed by atoms with E-state index in [0.717, 1.165) is 18.8 Å². The Balaban J connectivity index is 1.78. The van der Waals surface area contributed by atoms with Crippen LogP contribution in [-0.4, -0.2) is 50.2 Å². The minimum atomic E-state index is -0.0172. The number of amides is 1. The molecule has 0 bridgehead atoms. The fourth-order valence-electron chi connectivity index (χ4n) is 2.40. The van der Waals surface area contributed by atoms with Gasteiger partial charge >= 0.3 is 0 Å². The Labute approximate surface area is 161 Å². The second kappa shape index (κ2) is 9.20. The predicted molar refractivity (Wildman–Crippen MR) is 113 cm³/mol. The molecule has 0 saturated heterocycles. The van der Waals surface area contributed by atoms with E-state index in [-0.39, 0.29) is 5.91 Å². The number of rotatable bonds is 6. The second-order valence-electron chi connectivity index (χ2n) is 6.41. The summed E-state index contributed by atoms with van der Waals surface area (Å²) in [5.74, 6) is -0.0172. The standard InChI is InChI=1S/C20H26N4OS/c1-15-5-11-18(12-6-15)24(4)14-13-21-20(26)22-17-9-7-16(8-10-17)19(25)23(2)3/h5-12H,13-14H2,1-4H3,(H2,21,22,26). The summed E-state index contributed by atoms with van der Waals surface area (Å²) in [6.07, 6.45) is 0. The van der Waals surface area contributed by atoms with Gasteiger partial charge in [0.1, 0.15) is 0 Å². The van der Waals surface area contributed by atoms with Crippen molar-refractivity contribution in [2.75, 3.05) is 44.4 Å². The van der Waals surface area contributed by atoms with Gasteiger partial charge in [0.2, 0.25) is 0 Å². The Morgan fingerprint density at radius 2 is 1.62 bits per heavy atom. The number of hydrogen-bond acceptors (Lipinski definition) is 3. The van der Waals surface area contributed by atoms with Crippen LogP contribution in [0, 0.1) is 6.92 Å². The monoisotopic (exact) mass is 370 g/mol. The maximum absolute atomic E-state index is 11.9. The molecule has 0 radical (unpaired) electrons. The zero-order valence-electron chi connectivity index (χ0n) is 15.7.